The van der Waals surface area contributed by atoms with E-state index in [9.17, 15) is 5.11 Å². The molecule has 0 saturated heterocycles. The van der Waals surface area contributed by atoms with Crippen LogP contribution in [0.2, 0.25) is 8.93 Å². The van der Waals surface area contributed by atoms with E-state index >= 15 is 0 Å². The van der Waals surface area contributed by atoms with Crippen molar-refractivity contribution in [2.45, 2.75) is 61.9 Å². The Bertz CT molecular complexity index is 1410. The first-order valence-corrected chi connectivity index (χ1v) is 16.2. The lowest BCUT2D eigenvalue weighted by Crippen LogP contribution is -2.44. The first-order chi connectivity index (χ1) is 17.9. The summed E-state index contributed by atoms with van der Waals surface area (Å²) in [6.07, 6.45) is 3.38. The zero-order valence-corrected chi connectivity index (χ0v) is 25.0. The van der Waals surface area contributed by atoms with Crippen LogP contribution in [0.3, 0.4) is 0 Å². The van der Waals surface area contributed by atoms with Crippen molar-refractivity contribution in [1.29, 1.82) is 0 Å². The molecule has 0 aromatic carbocycles. The fourth-order valence-corrected chi connectivity index (χ4v) is 7.72. The summed E-state index contributed by atoms with van der Waals surface area (Å²) in [5.74, 6) is 1.30. The molecule has 4 aromatic rings. The van der Waals surface area contributed by atoms with Gasteiger partial charge in [0.2, 0.25) is 10.3 Å². The van der Waals surface area contributed by atoms with Crippen LogP contribution in [-0.2, 0) is 4.84 Å². The molecule has 0 amide bonds. The standard InChI is InChI=1S/C21H24Cl2N8O2S4/c1-4-6-10(8-32)31-17-13-15(25-19(23)35-13)27-21(29-17)37-36-20-26-14-12(34-18(22)24-14)16(28-20)30(3)11(7-5-2)9-33-31/h10-11,32H,4-9H2,1-3H3/t10-,11-/m1/s1. The summed E-state index contributed by atoms with van der Waals surface area (Å²) in [6.45, 7) is 4.46. The molecule has 0 fully saturated rings. The van der Waals surface area contributed by atoms with Gasteiger partial charge in [0.05, 0.1) is 25.3 Å². The number of halogens is 2. The number of aliphatic hydroxyl groups excluding tert-OH is 1. The van der Waals surface area contributed by atoms with Crippen molar-refractivity contribution in [1.82, 2.24) is 29.9 Å². The van der Waals surface area contributed by atoms with E-state index in [0.29, 0.717) is 54.1 Å². The fraction of sp³-hybridized carbons (Fsp3) is 0.524. The molecule has 198 valence electrons. The van der Waals surface area contributed by atoms with E-state index in [1.54, 1.807) is 5.06 Å². The molecule has 5 rings (SSSR count). The van der Waals surface area contributed by atoms with E-state index in [0.717, 1.165) is 29.8 Å². The van der Waals surface area contributed by atoms with Gasteiger partial charge in [0.1, 0.15) is 9.40 Å². The van der Waals surface area contributed by atoms with Crippen LogP contribution in [0.1, 0.15) is 39.5 Å². The van der Waals surface area contributed by atoms with E-state index in [2.05, 4.69) is 38.7 Å². The molecule has 0 unspecified atom stereocenters. The summed E-state index contributed by atoms with van der Waals surface area (Å²) in [7, 11) is 4.64. The van der Waals surface area contributed by atoms with Gasteiger partial charge in [-0.05, 0) is 34.4 Å². The van der Waals surface area contributed by atoms with Crippen LogP contribution in [0.15, 0.2) is 10.3 Å². The summed E-state index contributed by atoms with van der Waals surface area (Å²) in [6, 6.07) is -0.333. The quantitative estimate of drug-likeness (QED) is 0.198. The highest BCUT2D eigenvalue weighted by Gasteiger charge is 2.29. The number of aliphatic hydroxyl groups is 1. The minimum atomic E-state index is -0.306. The second kappa shape index (κ2) is 11.9. The van der Waals surface area contributed by atoms with Crippen molar-refractivity contribution in [2.24, 2.45) is 0 Å². The number of anilines is 2. The molecule has 0 saturated carbocycles. The smallest absolute Gasteiger partial charge is 0.203 e. The predicted octanol–water partition coefficient (Wildman–Crippen LogP) is 6.11. The fourth-order valence-electron chi connectivity index (χ4n) is 4.08. The number of hydrogen-bond donors (Lipinski definition) is 1. The number of rotatable bonds is 6. The van der Waals surface area contributed by atoms with Gasteiger partial charge < -0.3 is 10.0 Å². The van der Waals surface area contributed by atoms with E-state index in [-0.39, 0.29) is 18.7 Å². The first-order valence-electron chi connectivity index (χ1n) is 11.7. The van der Waals surface area contributed by atoms with Gasteiger partial charge in [0, 0.05) is 7.05 Å². The maximum atomic E-state index is 10.3. The molecule has 2 atom stereocenters. The van der Waals surface area contributed by atoms with Gasteiger partial charge in [0.15, 0.2) is 31.9 Å². The zero-order valence-electron chi connectivity index (χ0n) is 20.2. The Morgan fingerprint density at radius 1 is 0.919 bits per heavy atom. The molecule has 0 aliphatic carbocycles. The van der Waals surface area contributed by atoms with Gasteiger partial charge >= 0.3 is 0 Å². The lowest BCUT2D eigenvalue weighted by molar-refractivity contribution is 0.0538. The summed E-state index contributed by atoms with van der Waals surface area (Å²) in [5.41, 5.74) is 1.03. The number of nitrogens with zero attached hydrogens (tertiary/aromatic N) is 8. The molecule has 0 spiro atoms. The largest absolute Gasteiger partial charge is 0.394 e. The molecule has 4 bridgehead atoms. The highest BCUT2D eigenvalue weighted by molar-refractivity contribution is 8.76. The van der Waals surface area contributed by atoms with Gasteiger partial charge in [-0.3, -0.25) is 4.84 Å². The van der Waals surface area contributed by atoms with Crippen LogP contribution in [0.25, 0.3) is 20.7 Å². The molecule has 0 radical (unpaired) electrons. The van der Waals surface area contributed by atoms with Crippen molar-refractivity contribution in [3.8, 4) is 0 Å². The number of likely N-dealkylation sites (N-methyl/N-ethyl adjacent to an activating group) is 1. The van der Waals surface area contributed by atoms with E-state index < -0.39 is 0 Å². The summed E-state index contributed by atoms with van der Waals surface area (Å²) >= 11 is 15.2. The first kappa shape index (κ1) is 27.3. The van der Waals surface area contributed by atoms with Gasteiger partial charge in [-0.15, -0.1) is 0 Å². The lowest BCUT2D eigenvalue weighted by Gasteiger charge is -2.34. The number of thiazole rings is 2. The summed E-state index contributed by atoms with van der Waals surface area (Å²) < 4.78 is 2.30. The van der Waals surface area contributed by atoms with Crippen molar-refractivity contribution in [3.63, 3.8) is 0 Å². The molecule has 10 nitrogen and oxygen atoms in total. The molecular weight excluding hydrogens is 595 g/mol. The third kappa shape index (κ3) is 5.71. The van der Waals surface area contributed by atoms with Crippen molar-refractivity contribution in [2.75, 3.05) is 30.2 Å². The Balaban J connectivity index is 1.67. The van der Waals surface area contributed by atoms with Crippen molar-refractivity contribution < 1.29 is 9.94 Å². The third-order valence-corrected chi connectivity index (χ3v) is 10.0. The van der Waals surface area contributed by atoms with E-state index in [1.165, 1.54) is 44.3 Å². The predicted molar refractivity (Wildman–Crippen MR) is 153 cm³/mol. The van der Waals surface area contributed by atoms with Gasteiger partial charge in [-0.1, -0.05) is 72.6 Å². The number of hydroxylamine groups is 1. The second-order valence-electron chi connectivity index (χ2n) is 8.37. The SMILES string of the molecule is CCC[C@@H]1CON([C@@H](CO)CCC)c2nc(nc3nc(Cl)sc23)SSc2nc(c3sc(Cl)nc3n2)N1C. The van der Waals surface area contributed by atoms with Crippen LogP contribution < -0.4 is 9.96 Å². The van der Waals surface area contributed by atoms with Crippen LogP contribution >= 0.6 is 67.5 Å². The second-order valence-corrected chi connectivity index (χ2v) is 13.6. The average Bonchev–Trinajstić information content (AvgIpc) is 3.45. The highest BCUT2D eigenvalue weighted by Crippen LogP contribution is 2.42. The van der Waals surface area contributed by atoms with E-state index in [1.807, 2.05) is 7.05 Å². The van der Waals surface area contributed by atoms with Gasteiger partial charge in [-0.2, -0.15) is 0 Å². The van der Waals surface area contributed by atoms with Gasteiger partial charge in [0.25, 0.3) is 0 Å². The van der Waals surface area contributed by atoms with Crippen molar-refractivity contribution >= 4 is 99.8 Å². The Labute approximate surface area is 239 Å². The molecule has 1 aliphatic heterocycles. The minimum Gasteiger partial charge on any atom is -0.394 e. The maximum Gasteiger partial charge on any atom is 0.203 e. The molecular formula is C21H24Cl2N8O2S4. The molecule has 1 aliphatic rings. The number of aromatic nitrogens is 6. The van der Waals surface area contributed by atoms with Crippen LogP contribution in [0.4, 0.5) is 11.6 Å². The average molecular weight is 620 g/mol. The van der Waals surface area contributed by atoms with Crippen LogP contribution in [0, 0.1) is 0 Å². The summed E-state index contributed by atoms with van der Waals surface area (Å²) in [4.78, 5) is 36.4. The van der Waals surface area contributed by atoms with Crippen LogP contribution in [-0.4, -0.2) is 67.4 Å². The maximum absolute atomic E-state index is 10.3. The molecule has 5 heterocycles. The minimum absolute atomic E-state index is 0.0273. The normalized spacial score (nSPS) is 17.6. The Morgan fingerprint density at radius 3 is 2.08 bits per heavy atom. The number of fused-ring (bicyclic) bond motifs is 8. The van der Waals surface area contributed by atoms with Crippen LogP contribution in [0.5, 0.6) is 0 Å². The lowest BCUT2D eigenvalue weighted by atomic mass is 10.1. The molecule has 4 aromatic heterocycles. The molecule has 16 heteroatoms. The van der Waals surface area contributed by atoms with E-state index in [4.69, 9.17) is 38.0 Å². The Kier molecular flexibility index (Phi) is 8.76. The van der Waals surface area contributed by atoms with Gasteiger partial charge in [-0.25, -0.2) is 35.0 Å². The highest BCUT2D eigenvalue weighted by atomic mass is 35.5. The topological polar surface area (TPSA) is 113 Å². The third-order valence-electron chi connectivity index (χ3n) is 5.85. The van der Waals surface area contributed by atoms with Crippen molar-refractivity contribution in [3.05, 3.63) is 8.93 Å². The molecule has 1 N–H and O–H groups in total. The zero-order chi connectivity index (χ0) is 26.1. The Morgan fingerprint density at radius 2 is 1.51 bits per heavy atom. The monoisotopic (exact) mass is 618 g/mol. The molecule has 37 heavy (non-hydrogen) atoms. The number of hydrogen-bond acceptors (Lipinski definition) is 14. The summed E-state index contributed by atoms with van der Waals surface area (Å²) in [5, 5.41) is 13.0. The Hall–Kier alpha value is -1.26.